The lowest BCUT2D eigenvalue weighted by atomic mass is 10.1. The van der Waals surface area contributed by atoms with Gasteiger partial charge in [-0.2, -0.15) is 16.8 Å². The molecule has 15 nitrogen and oxygen atoms in total. The van der Waals surface area contributed by atoms with Crippen LogP contribution in [0.4, 0.5) is 27.5 Å². The zero-order valence-electron chi connectivity index (χ0n) is 28.2. The van der Waals surface area contributed by atoms with Gasteiger partial charge in [-0.25, -0.2) is 4.79 Å². The van der Waals surface area contributed by atoms with Crippen LogP contribution < -0.4 is 21.3 Å². The van der Waals surface area contributed by atoms with Crippen LogP contribution in [0.2, 0.25) is 0 Å². The van der Waals surface area contributed by atoms with Crippen molar-refractivity contribution in [1.82, 2.24) is 10.6 Å². The fourth-order valence-electron chi connectivity index (χ4n) is 5.79. The van der Waals surface area contributed by atoms with E-state index in [0.29, 0.717) is 22.5 Å². The Kier molecular flexibility index (Phi) is 9.74. The van der Waals surface area contributed by atoms with E-state index in [1.807, 2.05) is 0 Å². The number of carbonyl (C=O) groups excluding carboxylic acids is 3. The molecular formula is C37H30N4O11S2. The summed E-state index contributed by atoms with van der Waals surface area (Å²) in [6, 6.07) is 21.0. The number of anilines is 4. The molecule has 0 aliphatic carbocycles. The second-order valence-corrected chi connectivity index (χ2v) is 14.9. The summed E-state index contributed by atoms with van der Waals surface area (Å²) in [6.07, 6.45) is 0. The molecule has 0 saturated carbocycles. The highest BCUT2D eigenvalue weighted by Crippen LogP contribution is 2.39. The van der Waals surface area contributed by atoms with Gasteiger partial charge in [-0.3, -0.25) is 29.3 Å². The van der Waals surface area contributed by atoms with E-state index in [-0.39, 0.29) is 65.3 Å². The van der Waals surface area contributed by atoms with Gasteiger partial charge < -0.3 is 20.8 Å². The highest BCUT2D eigenvalue weighted by Gasteiger charge is 2.21. The van der Waals surface area contributed by atoms with Crippen molar-refractivity contribution in [2.45, 2.75) is 23.6 Å². The fourth-order valence-corrected chi connectivity index (χ4v) is 7.21. The lowest BCUT2D eigenvalue weighted by Gasteiger charge is -2.16. The first kappa shape index (κ1) is 37.2. The zero-order chi connectivity index (χ0) is 39.1. The summed E-state index contributed by atoms with van der Waals surface area (Å²) < 4.78 is 67.1. The summed E-state index contributed by atoms with van der Waals surface area (Å²) in [4.78, 5) is 38.3. The third-order valence-electron chi connectivity index (χ3n) is 8.53. The molecule has 0 aromatic heterocycles. The Labute approximate surface area is 307 Å². The third-order valence-corrected chi connectivity index (χ3v) is 10.4. The molecule has 0 unspecified atom stereocenters. The van der Waals surface area contributed by atoms with Crippen LogP contribution in [-0.4, -0.2) is 54.0 Å². The van der Waals surface area contributed by atoms with E-state index in [9.17, 15) is 50.5 Å². The molecule has 0 spiro atoms. The predicted molar refractivity (Wildman–Crippen MR) is 200 cm³/mol. The Bertz CT molecular complexity index is 2600. The summed E-state index contributed by atoms with van der Waals surface area (Å²) in [5, 5.41) is 32.2. The van der Waals surface area contributed by atoms with Crippen molar-refractivity contribution in [2.24, 2.45) is 0 Å². The van der Waals surface area contributed by atoms with Crippen LogP contribution in [0.15, 0.2) is 107 Å². The van der Waals surface area contributed by atoms with Crippen LogP contribution in [0.3, 0.4) is 0 Å². The molecule has 0 saturated heterocycles. The van der Waals surface area contributed by atoms with Crippen molar-refractivity contribution >= 4 is 82.4 Å². The number of hydrogen-bond donors (Lipinski definition) is 8. The van der Waals surface area contributed by atoms with Gasteiger partial charge >= 0.3 is 6.03 Å². The van der Waals surface area contributed by atoms with Crippen molar-refractivity contribution in [2.75, 3.05) is 10.6 Å². The summed E-state index contributed by atoms with van der Waals surface area (Å²) >= 11 is 0. The van der Waals surface area contributed by atoms with Crippen molar-refractivity contribution in [3.63, 3.8) is 0 Å². The van der Waals surface area contributed by atoms with Crippen molar-refractivity contribution < 1.29 is 50.5 Å². The number of phenolic OH excluding ortho intramolecular Hbond substituents is 2. The largest absolute Gasteiger partial charge is 0.506 e. The molecule has 0 atom stereocenters. The number of nitrogens with one attached hydrogen (secondary N) is 4. The standard InChI is InChI=1S/C37H30N4O11S2/c1-19-9-11-21(17-27(19)38-33-25-5-3-7-31(53(47,48)49)23(25)13-15-29(33)42)35(44)40-37(46)41-36(45)22-12-10-20(2)28(18-22)39-34-26-6-4-8-32(54(50,51)52)24(26)14-16-30(34)43/h3-18,38-39,42-43H,1-2H3,(H,47,48,49)(H,50,51,52)(H2,40,41,44,45,46). The molecule has 0 fully saturated rings. The highest BCUT2D eigenvalue weighted by molar-refractivity contribution is 7.86. The third kappa shape index (κ3) is 7.50. The Morgan fingerprint density at radius 1 is 0.519 bits per heavy atom. The molecule has 0 heterocycles. The molecule has 0 aliphatic rings. The number of carbonyl (C=O) groups is 3. The van der Waals surface area contributed by atoms with Gasteiger partial charge in [0.05, 0.1) is 11.4 Å². The lowest BCUT2D eigenvalue weighted by Crippen LogP contribution is -2.42. The van der Waals surface area contributed by atoms with Gasteiger partial charge in [-0.15, -0.1) is 0 Å². The average molecular weight is 771 g/mol. The van der Waals surface area contributed by atoms with Crippen LogP contribution in [0.5, 0.6) is 11.5 Å². The van der Waals surface area contributed by atoms with E-state index < -0.39 is 38.1 Å². The topological polar surface area (TPSA) is 249 Å². The Morgan fingerprint density at radius 2 is 0.907 bits per heavy atom. The molecule has 17 heteroatoms. The molecule has 0 radical (unpaired) electrons. The van der Waals surface area contributed by atoms with Crippen LogP contribution in [0, 0.1) is 13.8 Å². The number of aromatic hydroxyl groups is 2. The monoisotopic (exact) mass is 770 g/mol. The molecule has 4 amide bonds. The number of aryl methyl sites for hydroxylation is 2. The lowest BCUT2D eigenvalue weighted by molar-refractivity contribution is 0.0944. The molecule has 0 aliphatic heterocycles. The van der Waals surface area contributed by atoms with E-state index in [0.717, 1.165) is 0 Å². The van der Waals surface area contributed by atoms with Gasteiger partial charge in [0.25, 0.3) is 32.1 Å². The van der Waals surface area contributed by atoms with E-state index in [2.05, 4.69) is 21.3 Å². The molecule has 276 valence electrons. The van der Waals surface area contributed by atoms with Gasteiger partial charge in [-0.1, -0.05) is 36.4 Å². The average Bonchev–Trinajstić information content (AvgIpc) is 3.10. The van der Waals surface area contributed by atoms with Crippen molar-refractivity contribution in [1.29, 1.82) is 0 Å². The van der Waals surface area contributed by atoms with Crippen LogP contribution in [0.25, 0.3) is 21.5 Å². The first-order valence-electron chi connectivity index (χ1n) is 15.8. The first-order chi connectivity index (χ1) is 25.4. The maximum atomic E-state index is 13.1. The van der Waals surface area contributed by atoms with E-state index >= 15 is 0 Å². The SMILES string of the molecule is Cc1ccc(C(=O)NC(=O)NC(=O)c2ccc(C)c(Nc3c(O)ccc4c(S(=O)(=O)O)cccc34)c2)cc1Nc1c(O)ccc2c(S(=O)(=O)O)cccc12. The van der Waals surface area contributed by atoms with Gasteiger partial charge in [0.15, 0.2) is 0 Å². The number of imide groups is 2. The molecular weight excluding hydrogens is 741 g/mol. The summed E-state index contributed by atoms with van der Waals surface area (Å²) in [5.41, 5.74) is 1.98. The second-order valence-electron chi connectivity index (χ2n) is 12.1. The quantitative estimate of drug-likeness (QED) is 0.0628. The number of benzene rings is 6. The predicted octanol–water partition coefficient (Wildman–Crippen LogP) is 6.28. The van der Waals surface area contributed by atoms with E-state index in [1.54, 1.807) is 26.0 Å². The maximum absolute atomic E-state index is 13.1. The summed E-state index contributed by atoms with van der Waals surface area (Å²) in [6.45, 7) is 3.40. The van der Waals surface area contributed by atoms with Gasteiger partial charge in [0.2, 0.25) is 0 Å². The minimum atomic E-state index is -4.59. The Morgan fingerprint density at radius 3 is 1.28 bits per heavy atom. The summed E-state index contributed by atoms with van der Waals surface area (Å²) in [7, 11) is -9.18. The van der Waals surface area contributed by atoms with Gasteiger partial charge in [-0.05, 0) is 85.6 Å². The van der Waals surface area contributed by atoms with Gasteiger partial charge in [0.1, 0.15) is 21.3 Å². The molecule has 6 rings (SSSR count). The molecule has 8 N–H and O–H groups in total. The highest BCUT2D eigenvalue weighted by atomic mass is 32.2. The van der Waals surface area contributed by atoms with Crippen LogP contribution in [-0.2, 0) is 20.2 Å². The molecule has 0 bridgehead atoms. The minimum Gasteiger partial charge on any atom is -0.506 e. The Balaban J connectivity index is 1.19. The number of amides is 4. The molecule has 6 aromatic rings. The second kappa shape index (κ2) is 14.1. The Hall–Kier alpha value is -6.53. The molecule has 6 aromatic carbocycles. The minimum absolute atomic E-state index is 0.0158. The fraction of sp³-hybridized carbons (Fsp3) is 0.0541. The van der Waals surface area contributed by atoms with Crippen LogP contribution >= 0.6 is 0 Å². The smallest absolute Gasteiger partial charge is 0.328 e. The first-order valence-corrected chi connectivity index (χ1v) is 18.7. The maximum Gasteiger partial charge on any atom is 0.328 e. The summed E-state index contributed by atoms with van der Waals surface area (Å²) in [5.74, 6) is -2.28. The van der Waals surface area contributed by atoms with E-state index in [4.69, 9.17) is 0 Å². The zero-order valence-corrected chi connectivity index (χ0v) is 29.8. The molecule has 54 heavy (non-hydrogen) atoms. The number of hydrogen-bond acceptors (Lipinski definition) is 11. The van der Waals surface area contributed by atoms with Crippen LogP contribution in [0.1, 0.15) is 31.8 Å². The normalized spacial score (nSPS) is 11.6. The van der Waals surface area contributed by atoms with Crippen molar-refractivity contribution in [3.8, 4) is 11.5 Å². The number of phenols is 2. The number of urea groups is 1. The number of fused-ring (bicyclic) bond motifs is 2. The van der Waals surface area contributed by atoms with Crippen molar-refractivity contribution in [3.05, 3.63) is 119 Å². The van der Waals surface area contributed by atoms with Gasteiger partial charge in [0, 0.05) is 44.0 Å². The van der Waals surface area contributed by atoms with E-state index in [1.165, 1.54) is 84.9 Å². The number of rotatable bonds is 8.